The van der Waals surface area contributed by atoms with Gasteiger partial charge in [-0.2, -0.15) is 13.2 Å². The van der Waals surface area contributed by atoms with Crippen LogP contribution in [-0.4, -0.2) is 31.2 Å². The highest BCUT2D eigenvalue weighted by atomic mass is 35.5. The molecule has 0 bridgehead atoms. The van der Waals surface area contributed by atoms with E-state index in [1.165, 1.54) is 0 Å². The predicted octanol–water partition coefficient (Wildman–Crippen LogP) is 3.71. The number of nitrogens with one attached hydrogen (secondary N) is 1. The fourth-order valence-electron chi connectivity index (χ4n) is 2.69. The second-order valence-electron chi connectivity index (χ2n) is 5.25. The predicted molar refractivity (Wildman–Crippen MR) is 81.5 cm³/mol. The number of benzene rings is 1. The smallest absolute Gasteiger partial charge is 0.370 e. The molecule has 1 N–H and O–H groups in total. The van der Waals surface area contributed by atoms with Gasteiger partial charge in [0.2, 0.25) is 0 Å². The third kappa shape index (κ3) is 2.98. The first-order valence-corrected chi connectivity index (χ1v) is 7.47. The van der Waals surface area contributed by atoms with Crippen molar-refractivity contribution in [1.29, 1.82) is 0 Å². The first-order chi connectivity index (χ1) is 10.5. The molecule has 1 aliphatic rings. The average molecular weight is 330 g/mol. The summed E-state index contributed by atoms with van der Waals surface area (Å²) in [6, 6.07) is 6.19. The van der Waals surface area contributed by atoms with Crippen molar-refractivity contribution in [2.75, 3.05) is 31.1 Å². The van der Waals surface area contributed by atoms with Crippen molar-refractivity contribution in [3.05, 3.63) is 35.0 Å². The summed E-state index contributed by atoms with van der Waals surface area (Å²) >= 11 is 6.06. The van der Waals surface area contributed by atoms with Crippen LogP contribution in [0.15, 0.2) is 24.3 Å². The molecule has 3 nitrogen and oxygen atoms in total. The summed E-state index contributed by atoms with van der Waals surface area (Å²) in [4.78, 5) is 5.69. The Morgan fingerprint density at radius 2 is 2.00 bits per heavy atom. The van der Waals surface area contributed by atoms with Crippen molar-refractivity contribution < 1.29 is 13.2 Å². The number of fused-ring (bicyclic) bond motifs is 1. The molecule has 1 fully saturated rings. The summed E-state index contributed by atoms with van der Waals surface area (Å²) in [5.41, 5.74) is -0.157. The molecule has 3 rings (SSSR count). The van der Waals surface area contributed by atoms with Crippen molar-refractivity contribution in [2.24, 2.45) is 0 Å². The molecule has 0 aliphatic carbocycles. The van der Waals surface area contributed by atoms with Crippen LogP contribution < -0.4 is 10.2 Å². The summed E-state index contributed by atoms with van der Waals surface area (Å²) in [6.45, 7) is 2.97. The Hall–Kier alpha value is -1.53. The number of alkyl halides is 3. The lowest BCUT2D eigenvalue weighted by atomic mass is 10.1. The van der Waals surface area contributed by atoms with Gasteiger partial charge in [0.05, 0.1) is 10.5 Å². The normalized spacial score (nSPS) is 16.8. The molecule has 0 radical (unpaired) electrons. The van der Waals surface area contributed by atoms with Crippen LogP contribution in [0.3, 0.4) is 0 Å². The molecule has 22 heavy (non-hydrogen) atoms. The number of hydrogen-bond acceptors (Lipinski definition) is 3. The first-order valence-electron chi connectivity index (χ1n) is 7.09. The van der Waals surface area contributed by atoms with Crippen molar-refractivity contribution in [3.63, 3.8) is 0 Å². The molecular weight excluding hydrogens is 315 g/mol. The van der Waals surface area contributed by atoms with Gasteiger partial charge in [-0.3, -0.25) is 0 Å². The van der Waals surface area contributed by atoms with Gasteiger partial charge in [-0.25, -0.2) is 4.98 Å². The Labute approximate surface area is 131 Å². The van der Waals surface area contributed by atoms with Crippen LogP contribution in [0.25, 0.3) is 10.9 Å². The topological polar surface area (TPSA) is 28.2 Å². The van der Waals surface area contributed by atoms with Crippen LogP contribution in [-0.2, 0) is 6.18 Å². The zero-order valence-electron chi connectivity index (χ0n) is 11.8. The third-order valence-electron chi connectivity index (χ3n) is 3.74. The molecule has 1 aliphatic heterocycles. The molecule has 1 saturated heterocycles. The van der Waals surface area contributed by atoms with Gasteiger partial charge >= 0.3 is 6.18 Å². The average Bonchev–Trinajstić information content (AvgIpc) is 2.75. The van der Waals surface area contributed by atoms with Crippen LogP contribution in [0.1, 0.15) is 12.1 Å². The van der Waals surface area contributed by atoms with E-state index < -0.39 is 11.9 Å². The lowest BCUT2D eigenvalue weighted by Crippen LogP contribution is -2.28. The Kier molecular flexibility index (Phi) is 4.14. The first kappa shape index (κ1) is 15.4. The van der Waals surface area contributed by atoms with Crippen LogP contribution >= 0.6 is 11.6 Å². The van der Waals surface area contributed by atoms with Gasteiger partial charge in [0.1, 0.15) is 5.69 Å². The number of rotatable bonds is 1. The second kappa shape index (κ2) is 5.93. The molecule has 2 heterocycles. The van der Waals surface area contributed by atoms with Gasteiger partial charge in [0.15, 0.2) is 0 Å². The molecule has 0 unspecified atom stereocenters. The largest absolute Gasteiger partial charge is 0.433 e. The highest BCUT2D eigenvalue weighted by Crippen LogP contribution is 2.36. The third-order valence-corrected chi connectivity index (χ3v) is 4.04. The Morgan fingerprint density at radius 1 is 1.18 bits per heavy atom. The minimum atomic E-state index is -4.49. The van der Waals surface area contributed by atoms with Crippen LogP contribution in [0.5, 0.6) is 0 Å². The number of pyridine rings is 1. The van der Waals surface area contributed by atoms with Crippen molar-refractivity contribution in [2.45, 2.75) is 12.6 Å². The van der Waals surface area contributed by atoms with Gasteiger partial charge in [-0.05, 0) is 25.1 Å². The van der Waals surface area contributed by atoms with Crippen LogP contribution in [0.4, 0.5) is 18.9 Å². The summed E-state index contributed by atoms with van der Waals surface area (Å²) in [6.07, 6.45) is -3.61. The number of anilines is 1. The van der Waals surface area contributed by atoms with Crippen LogP contribution in [0, 0.1) is 0 Å². The monoisotopic (exact) mass is 329 g/mol. The van der Waals surface area contributed by atoms with Gasteiger partial charge in [-0.15, -0.1) is 0 Å². The Bertz CT molecular complexity index is 680. The SMILES string of the molecule is FC(F)(F)c1cc(N2CCCNCC2)c2cccc(Cl)c2n1. The molecule has 7 heteroatoms. The fraction of sp³-hybridized carbons (Fsp3) is 0.400. The Balaban J connectivity index is 2.19. The van der Waals surface area contributed by atoms with E-state index in [4.69, 9.17) is 11.6 Å². The van der Waals surface area contributed by atoms with E-state index in [2.05, 4.69) is 10.3 Å². The van der Waals surface area contributed by atoms with E-state index in [1.807, 2.05) is 4.90 Å². The van der Waals surface area contributed by atoms with E-state index in [0.717, 1.165) is 25.6 Å². The molecule has 118 valence electrons. The number of nitrogens with zero attached hydrogens (tertiary/aromatic N) is 2. The maximum atomic E-state index is 13.1. The van der Waals surface area contributed by atoms with Gasteiger partial charge in [0, 0.05) is 30.7 Å². The molecule has 0 amide bonds. The summed E-state index contributed by atoms with van der Waals surface area (Å²) in [5, 5.41) is 4.13. The minimum absolute atomic E-state index is 0.200. The maximum Gasteiger partial charge on any atom is 0.433 e. The van der Waals surface area contributed by atoms with E-state index in [9.17, 15) is 13.2 Å². The second-order valence-corrected chi connectivity index (χ2v) is 5.66. The zero-order chi connectivity index (χ0) is 15.7. The fourth-order valence-corrected chi connectivity index (χ4v) is 2.91. The van der Waals surface area contributed by atoms with E-state index in [-0.39, 0.29) is 10.5 Å². The molecule has 0 saturated carbocycles. The zero-order valence-corrected chi connectivity index (χ0v) is 12.5. The molecular formula is C15H15ClF3N3. The molecule has 1 aromatic carbocycles. The molecule has 1 aromatic heterocycles. The number of hydrogen-bond donors (Lipinski definition) is 1. The molecule has 0 spiro atoms. The van der Waals surface area contributed by atoms with Gasteiger partial charge in [0.25, 0.3) is 0 Å². The summed E-state index contributed by atoms with van der Waals surface area (Å²) in [5.74, 6) is 0. The van der Waals surface area contributed by atoms with E-state index in [0.29, 0.717) is 24.2 Å². The van der Waals surface area contributed by atoms with Crippen LogP contribution in [0.2, 0.25) is 5.02 Å². The highest BCUT2D eigenvalue weighted by Gasteiger charge is 2.34. The number of para-hydroxylation sites is 1. The molecule has 2 aromatic rings. The van der Waals surface area contributed by atoms with Crippen molar-refractivity contribution in [1.82, 2.24) is 10.3 Å². The van der Waals surface area contributed by atoms with Crippen molar-refractivity contribution in [3.8, 4) is 0 Å². The minimum Gasteiger partial charge on any atom is -0.370 e. The lowest BCUT2D eigenvalue weighted by molar-refractivity contribution is -0.140. The quantitative estimate of drug-likeness (QED) is 0.864. The van der Waals surface area contributed by atoms with Gasteiger partial charge in [-0.1, -0.05) is 23.7 Å². The summed E-state index contributed by atoms with van der Waals surface area (Å²) in [7, 11) is 0. The van der Waals surface area contributed by atoms with E-state index >= 15 is 0 Å². The number of halogens is 4. The number of aromatic nitrogens is 1. The van der Waals surface area contributed by atoms with Crippen molar-refractivity contribution >= 4 is 28.2 Å². The highest BCUT2D eigenvalue weighted by molar-refractivity contribution is 6.35. The van der Waals surface area contributed by atoms with Gasteiger partial charge < -0.3 is 10.2 Å². The summed E-state index contributed by atoms with van der Waals surface area (Å²) < 4.78 is 39.4. The van der Waals surface area contributed by atoms with E-state index in [1.54, 1.807) is 18.2 Å². The maximum absolute atomic E-state index is 13.1. The molecule has 0 atom stereocenters. The standard InChI is InChI=1S/C15H15ClF3N3/c16-11-4-1-3-10-12(22-7-2-5-20-6-8-22)9-13(15(17,18)19)21-14(10)11/h1,3-4,9,20H,2,5-8H2. The Morgan fingerprint density at radius 3 is 2.77 bits per heavy atom. The lowest BCUT2D eigenvalue weighted by Gasteiger charge is -2.25.